The molecule has 152 valence electrons. The predicted octanol–water partition coefficient (Wildman–Crippen LogP) is 4.29. The molecule has 0 radical (unpaired) electrons. The highest BCUT2D eigenvalue weighted by Gasteiger charge is 2.25. The summed E-state index contributed by atoms with van der Waals surface area (Å²) in [4.78, 5) is 19.8. The fourth-order valence-corrected chi connectivity index (χ4v) is 4.64. The second-order valence-electron chi connectivity index (χ2n) is 7.35. The standard InChI is InChI=1S/C21H25N5O2S/c1-14-7-6-10-26(13-14)19-18(29-20(23-19)15-8-4-3-5-9-15)17-11-16(24-25-17)12-22-21(27)28-2/h3-5,8-9,11,14H,6-7,10,12-13H2,1-2H3,(H,22,27)(H,24,25). The van der Waals surface area contributed by atoms with Crippen LogP contribution in [0.2, 0.25) is 0 Å². The van der Waals surface area contributed by atoms with Gasteiger partial charge in [0.2, 0.25) is 0 Å². The fraction of sp³-hybridized carbons (Fsp3) is 0.381. The maximum atomic E-state index is 11.3. The highest BCUT2D eigenvalue weighted by Crippen LogP contribution is 2.40. The number of thiazole rings is 1. The minimum atomic E-state index is -0.465. The van der Waals surface area contributed by atoms with E-state index in [1.165, 1.54) is 20.0 Å². The molecule has 1 aliphatic heterocycles. The number of amides is 1. The van der Waals surface area contributed by atoms with Gasteiger partial charge >= 0.3 is 6.09 Å². The first-order valence-electron chi connectivity index (χ1n) is 9.81. The molecule has 1 unspecified atom stereocenters. The average Bonchev–Trinajstić information content (AvgIpc) is 3.40. The first kappa shape index (κ1) is 19.4. The zero-order chi connectivity index (χ0) is 20.2. The van der Waals surface area contributed by atoms with Crippen molar-refractivity contribution < 1.29 is 9.53 Å². The quantitative estimate of drug-likeness (QED) is 0.654. The minimum absolute atomic E-state index is 0.333. The average molecular weight is 412 g/mol. The van der Waals surface area contributed by atoms with E-state index >= 15 is 0 Å². The summed E-state index contributed by atoms with van der Waals surface area (Å²) in [6, 6.07) is 12.2. The van der Waals surface area contributed by atoms with E-state index in [0.29, 0.717) is 12.5 Å². The van der Waals surface area contributed by atoms with Crippen molar-refractivity contribution in [2.45, 2.75) is 26.3 Å². The number of aromatic nitrogens is 3. The molecule has 8 heteroatoms. The van der Waals surface area contributed by atoms with Gasteiger partial charge < -0.3 is 15.0 Å². The molecular formula is C21H25N5O2S. The molecule has 3 heterocycles. The normalized spacial score (nSPS) is 16.6. The molecule has 3 aromatic rings. The van der Waals surface area contributed by atoms with Gasteiger partial charge in [0.1, 0.15) is 16.5 Å². The van der Waals surface area contributed by atoms with E-state index in [9.17, 15) is 4.79 Å². The van der Waals surface area contributed by atoms with Crippen molar-refractivity contribution in [2.75, 3.05) is 25.1 Å². The zero-order valence-electron chi connectivity index (χ0n) is 16.6. The van der Waals surface area contributed by atoms with Gasteiger partial charge in [0, 0.05) is 18.7 Å². The molecule has 0 spiro atoms. The van der Waals surface area contributed by atoms with Crippen LogP contribution in [-0.2, 0) is 11.3 Å². The monoisotopic (exact) mass is 411 g/mol. The Morgan fingerprint density at radius 3 is 2.97 bits per heavy atom. The highest BCUT2D eigenvalue weighted by atomic mass is 32.1. The Bertz CT molecular complexity index is 969. The Hall–Kier alpha value is -2.87. The maximum Gasteiger partial charge on any atom is 0.407 e. The van der Waals surface area contributed by atoms with Crippen LogP contribution < -0.4 is 10.2 Å². The topological polar surface area (TPSA) is 83.1 Å². The third-order valence-corrected chi connectivity index (χ3v) is 6.17. The maximum absolute atomic E-state index is 11.3. The second kappa shape index (κ2) is 8.65. The number of anilines is 1. The van der Waals surface area contributed by atoms with E-state index in [2.05, 4.69) is 44.2 Å². The number of nitrogens with one attached hydrogen (secondary N) is 2. The number of methoxy groups -OCH3 is 1. The molecule has 1 amide bonds. The van der Waals surface area contributed by atoms with Gasteiger partial charge in [-0.1, -0.05) is 37.3 Å². The number of hydrogen-bond acceptors (Lipinski definition) is 6. The lowest BCUT2D eigenvalue weighted by Gasteiger charge is -2.31. The number of carbonyl (C=O) groups excluding carboxylic acids is 1. The summed E-state index contributed by atoms with van der Waals surface area (Å²) in [5, 5.41) is 11.2. The Labute approximate surface area is 174 Å². The van der Waals surface area contributed by atoms with E-state index in [1.54, 1.807) is 11.3 Å². The van der Waals surface area contributed by atoms with Crippen LogP contribution in [-0.4, -0.2) is 41.5 Å². The summed E-state index contributed by atoms with van der Waals surface area (Å²) < 4.78 is 4.63. The van der Waals surface area contributed by atoms with Gasteiger partial charge in [-0.05, 0) is 24.8 Å². The van der Waals surface area contributed by atoms with Gasteiger partial charge in [-0.25, -0.2) is 9.78 Å². The summed E-state index contributed by atoms with van der Waals surface area (Å²) in [6.07, 6.45) is 1.97. The SMILES string of the molecule is COC(=O)NCc1cc(-c2sc(-c3ccccc3)nc2N2CCCC(C)C2)n[nH]1. The van der Waals surface area contributed by atoms with E-state index in [0.717, 1.165) is 45.7 Å². The number of alkyl carbamates (subject to hydrolysis) is 1. The number of benzene rings is 1. The molecule has 4 rings (SSSR count). The van der Waals surface area contributed by atoms with Crippen molar-refractivity contribution in [2.24, 2.45) is 5.92 Å². The van der Waals surface area contributed by atoms with Gasteiger partial charge in [-0.2, -0.15) is 5.10 Å². The van der Waals surface area contributed by atoms with Gasteiger partial charge in [0.15, 0.2) is 0 Å². The second-order valence-corrected chi connectivity index (χ2v) is 8.35. The summed E-state index contributed by atoms with van der Waals surface area (Å²) in [7, 11) is 1.35. The number of piperidine rings is 1. The molecule has 2 N–H and O–H groups in total. The van der Waals surface area contributed by atoms with Crippen LogP contribution in [0.1, 0.15) is 25.5 Å². The Morgan fingerprint density at radius 2 is 2.21 bits per heavy atom. The summed E-state index contributed by atoms with van der Waals surface area (Å²) >= 11 is 1.66. The van der Waals surface area contributed by atoms with E-state index in [4.69, 9.17) is 4.98 Å². The lowest BCUT2D eigenvalue weighted by molar-refractivity contribution is 0.170. The molecule has 29 heavy (non-hydrogen) atoms. The number of ether oxygens (including phenoxy) is 1. The predicted molar refractivity (Wildman–Crippen MR) is 115 cm³/mol. The third kappa shape index (κ3) is 4.42. The van der Waals surface area contributed by atoms with Crippen LogP contribution in [0.25, 0.3) is 21.1 Å². The Morgan fingerprint density at radius 1 is 1.38 bits per heavy atom. The van der Waals surface area contributed by atoms with Crippen molar-refractivity contribution in [1.82, 2.24) is 20.5 Å². The van der Waals surface area contributed by atoms with Crippen LogP contribution >= 0.6 is 11.3 Å². The van der Waals surface area contributed by atoms with E-state index < -0.39 is 6.09 Å². The number of nitrogens with zero attached hydrogens (tertiary/aromatic N) is 3. The molecule has 0 bridgehead atoms. The first-order chi connectivity index (χ1) is 14.1. The fourth-order valence-electron chi connectivity index (χ4n) is 3.59. The number of H-pyrrole nitrogens is 1. The van der Waals surface area contributed by atoms with Crippen LogP contribution in [0.15, 0.2) is 36.4 Å². The molecule has 2 aromatic heterocycles. The highest BCUT2D eigenvalue weighted by molar-refractivity contribution is 7.19. The van der Waals surface area contributed by atoms with Crippen molar-refractivity contribution >= 4 is 23.2 Å². The van der Waals surface area contributed by atoms with Crippen molar-refractivity contribution in [3.63, 3.8) is 0 Å². The zero-order valence-corrected chi connectivity index (χ0v) is 17.5. The van der Waals surface area contributed by atoms with Crippen LogP contribution in [0, 0.1) is 5.92 Å². The van der Waals surface area contributed by atoms with E-state index in [1.807, 2.05) is 24.3 Å². The molecule has 0 aliphatic carbocycles. The first-order valence-corrected chi connectivity index (χ1v) is 10.6. The minimum Gasteiger partial charge on any atom is -0.453 e. The van der Waals surface area contributed by atoms with Crippen LogP contribution in [0.3, 0.4) is 0 Å². The number of hydrogen-bond donors (Lipinski definition) is 2. The smallest absolute Gasteiger partial charge is 0.407 e. The van der Waals surface area contributed by atoms with Gasteiger partial charge in [0.05, 0.1) is 24.2 Å². The van der Waals surface area contributed by atoms with Crippen molar-refractivity contribution in [3.8, 4) is 21.1 Å². The number of aromatic amines is 1. The van der Waals surface area contributed by atoms with Crippen molar-refractivity contribution in [3.05, 3.63) is 42.1 Å². The van der Waals surface area contributed by atoms with Crippen LogP contribution in [0.5, 0.6) is 0 Å². The van der Waals surface area contributed by atoms with E-state index in [-0.39, 0.29) is 0 Å². The molecule has 1 aromatic carbocycles. The molecule has 1 aliphatic rings. The summed E-state index contributed by atoms with van der Waals surface area (Å²) in [5.41, 5.74) is 2.77. The molecule has 1 atom stereocenters. The molecule has 0 saturated carbocycles. The van der Waals surface area contributed by atoms with Crippen LogP contribution in [0.4, 0.5) is 10.6 Å². The van der Waals surface area contributed by atoms with Gasteiger partial charge in [0.25, 0.3) is 0 Å². The largest absolute Gasteiger partial charge is 0.453 e. The Balaban J connectivity index is 1.67. The number of rotatable bonds is 5. The third-order valence-electron chi connectivity index (χ3n) is 5.06. The molecule has 7 nitrogen and oxygen atoms in total. The van der Waals surface area contributed by atoms with Gasteiger partial charge in [-0.3, -0.25) is 5.10 Å². The number of carbonyl (C=O) groups is 1. The molecular weight excluding hydrogens is 386 g/mol. The summed E-state index contributed by atoms with van der Waals surface area (Å²) in [6.45, 7) is 4.64. The molecule has 1 saturated heterocycles. The lowest BCUT2D eigenvalue weighted by atomic mass is 10.0. The lowest BCUT2D eigenvalue weighted by Crippen LogP contribution is -2.34. The van der Waals surface area contributed by atoms with Gasteiger partial charge in [-0.15, -0.1) is 11.3 Å². The summed E-state index contributed by atoms with van der Waals surface area (Å²) in [5.74, 6) is 1.65. The molecule has 1 fully saturated rings. The van der Waals surface area contributed by atoms with Crippen molar-refractivity contribution in [1.29, 1.82) is 0 Å². The Kier molecular flexibility index (Phi) is 5.80.